The quantitative estimate of drug-likeness (QED) is 0.845. The first-order valence-corrected chi connectivity index (χ1v) is 8.57. The maximum Gasteiger partial charge on any atom is 0.240 e. The number of nitrogens with one attached hydrogen (secondary N) is 1. The van der Waals surface area contributed by atoms with Crippen molar-refractivity contribution in [2.45, 2.75) is 24.8 Å². The highest BCUT2D eigenvalue weighted by Gasteiger charge is 2.13. The van der Waals surface area contributed by atoms with Gasteiger partial charge in [0.15, 0.2) is 0 Å². The zero-order chi connectivity index (χ0) is 14.6. The van der Waals surface area contributed by atoms with Crippen LogP contribution < -0.4 is 10.5 Å². The van der Waals surface area contributed by atoms with Crippen LogP contribution in [0.1, 0.15) is 16.3 Å². The number of sulfonamides is 1. The number of aromatic nitrogens is 1. The summed E-state index contributed by atoms with van der Waals surface area (Å²) < 4.78 is 26.7. The van der Waals surface area contributed by atoms with E-state index in [1.807, 2.05) is 12.3 Å². The van der Waals surface area contributed by atoms with Gasteiger partial charge in [0.1, 0.15) is 0 Å². The number of thiazole rings is 1. The summed E-state index contributed by atoms with van der Waals surface area (Å²) in [7, 11) is -3.46. The Hall–Kier alpha value is -1.28. The molecule has 1 aromatic carbocycles. The summed E-state index contributed by atoms with van der Waals surface area (Å²) in [6, 6.07) is 6.58. The third kappa shape index (κ3) is 3.86. The molecule has 0 aliphatic rings. The molecule has 0 fully saturated rings. The van der Waals surface area contributed by atoms with Crippen LogP contribution in [0.4, 0.5) is 0 Å². The predicted molar refractivity (Wildman–Crippen MR) is 80.1 cm³/mol. The molecule has 108 valence electrons. The second-order valence-corrected chi connectivity index (χ2v) is 7.09. The summed E-state index contributed by atoms with van der Waals surface area (Å²) in [5.74, 6) is 0. The summed E-state index contributed by atoms with van der Waals surface area (Å²) >= 11 is 1.54. The predicted octanol–water partition coefficient (Wildman–Crippen LogP) is 1.43. The van der Waals surface area contributed by atoms with Crippen LogP contribution in [-0.2, 0) is 23.0 Å². The standard InChI is InChI=1S/C13H17N3O2S2/c1-10-9-19-13(16-10)6-7-15-20(17,18)12-4-2-11(8-14)3-5-12/h2-5,9,15H,6-8,14H2,1H3. The van der Waals surface area contributed by atoms with Crippen molar-refractivity contribution in [1.82, 2.24) is 9.71 Å². The molecule has 0 radical (unpaired) electrons. The van der Waals surface area contributed by atoms with Gasteiger partial charge in [0.05, 0.1) is 9.90 Å². The van der Waals surface area contributed by atoms with Crippen LogP contribution in [0.15, 0.2) is 34.5 Å². The van der Waals surface area contributed by atoms with Gasteiger partial charge in [0.2, 0.25) is 10.0 Å². The van der Waals surface area contributed by atoms with Gasteiger partial charge < -0.3 is 5.73 Å². The second kappa shape index (κ2) is 6.45. The van der Waals surface area contributed by atoms with Gasteiger partial charge in [0, 0.05) is 30.6 Å². The van der Waals surface area contributed by atoms with E-state index in [1.165, 1.54) is 0 Å². The Balaban J connectivity index is 1.96. The third-order valence-electron chi connectivity index (χ3n) is 2.77. The first-order valence-electron chi connectivity index (χ1n) is 6.21. The smallest absolute Gasteiger partial charge is 0.240 e. The van der Waals surface area contributed by atoms with Crippen molar-refractivity contribution in [1.29, 1.82) is 0 Å². The van der Waals surface area contributed by atoms with E-state index in [9.17, 15) is 8.42 Å². The molecule has 5 nitrogen and oxygen atoms in total. The Morgan fingerprint density at radius 2 is 2.00 bits per heavy atom. The van der Waals surface area contributed by atoms with Gasteiger partial charge in [-0.3, -0.25) is 0 Å². The van der Waals surface area contributed by atoms with Crippen LogP contribution in [0.2, 0.25) is 0 Å². The number of benzene rings is 1. The number of hydrogen-bond acceptors (Lipinski definition) is 5. The summed E-state index contributed by atoms with van der Waals surface area (Å²) in [4.78, 5) is 4.55. The Kier molecular flexibility index (Phi) is 4.87. The maximum absolute atomic E-state index is 12.1. The normalized spacial score (nSPS) is 11.7. The topological polar surface area (TPSA) is 85.1 Å². The Morgan fingerprint density at radius 3 is 2.55 bits per heavy atom. The molecule has 1 aromatic heterocycles. The zero-order valence-electron chi connectivity index (χ0n) is 11.2. The highest BCUT2D eigenvalue weighted by atomic mass is 32.2. The molecule has 0 bridgehead atoms. The minimum Gasteiger partial charge on any atom is -0.326 e. The third-order valence-corrected chi connectivity index (χ3v) is 5.27. The average molecular weight is 311 g/mol. The van der Waals surface area contributed by atoms with E-state index >= 15 is 0 Å². The minimum absolute atomic E-state index is 0.255. The molecule has 0 aliphatic heterocycles. The molecule has 0 saturated heterocycles. The molecule has 7 heteroatoms. The number of hydrogen-bond donors (Lipinski definition) is 2. The number of aryl methyl sites for hydroxylation is 1. The van der Waals surface area contributed by atoms with Gasteiger partial charge in [-0.1, -0.05) is 12.1 Å². The summed E-state index contributed by atoms with van der Waals surface area (Å²) in [5.41, 5.74) is 7.35. The number of rotatable bonds is 6. The Bertz CT molecular complexity index is 663. The lowest BCUT2D eigenvalue weighted by Crippen LogP contribution is -2.26. The van der Waals surface area contributed by atoms with Crippen molar-refractivity contribution in [3.05, 3.63) is 45.9 Å². The van der Waals surface area contributed by atoms with Crippen molar-refractivity contribution >= 4 is 21.4 Å². The molecule has 20 heavy (non-hydrogen) atoms. The van der Waals surface area contributed by atoms with Crippen molar-refractivity contribution in [2.75, 3.05) is 6.54 Å². The van der Waals surface area contributed by atoms with Crippen molar-refractivity contribution < 1.29 is 8.42 Å². The fraction of sp³-hybridized carbons (Fsp3) is 0.308. The fourth-order valence-electron chi connectivity index (χ4n) is 1.70. The van der Waals surface area contributed by atoms with Crippen molar-refractivity contribution in [3.8, 4) is 0 Å². The van der Waals surface area contributed by atoms with E-state index in [0.717, 1.165) is 16.3 Å². The number of nitrogens with zero attached hydrogens (tertiary/aromatic N) is 1. The summed E-state index contributed by atoms with van der Waals surface area (Å²) in [6.45, 7) is 2.66. The minimum atomic E-state index is -3.46. The lowest BCUT2D eigenvalue weighted by atomic mass is 10.2. The van der Waals surface area contributed by atoms with Crippen LogP contribution in [-0.4, -0.2) is 19.9 Å². The van der Waals surface area contributed by atoms with Crippen LogP contribution in [0.3, 0.4) is 0 Å². The highest BCUT2D eigenvalue weighted by molar-refractivity contribution is 7.89. The first-order chi connectivity index (χ1) is 9.51. The molecule has 0 saturated carbocycles. The molecule has 0 unspecified atom stereocenters. The molecule has 0 amide bonds. The van der Waals surface area contributed by atoms with E-state index in [4.69, 9.17) is 5.73 Å². The van der Waals surface area contributed by atoms with E-state index in [-0.39, 0.29) is 4.90 Å². The SMILES string of the molecule is Cc1csc(CCNS(=O)(=O)c2ccc(CN)cc2)n1. The Morgan fingerprint density at radius 1 is 1.30 bits per heavy atom. The van der Waals surface area contributed by atoms with Crippen molar-refractivity contribution in [3.63, 3.8) is 0 Å². The molecule has 0 spiro atoms. The molecular weight excluding hydrogens is 294 g/mol. The fourth-order valence-corrected chi connectivity index (χ4v) is 3.51. The van der Waals surface area contributed by atoms with E-state index < -0.39 is 10.0 Å². The molecule has 0 atom stereocenters. The molecule has 1 heterocycles. The van der Waals surface area contributed by atoms with Crippen molar-refractivity contribution in [2.24, 2.45) is 5.73 Å². The van der Waals surface area contributed by atoms with E-state index in [1.54, 1.807) is 35.6 Å². The average Bonchev–Trinajstić information content (AvgIpc) is 2.84. The van der Waals surface area contributed by atoms with Crippen LogP contribution in [0.25, 0.3) is 0 Å². The van der Waals surface area contributed by atoms with Gasteiger partial charge in [-0.25, -0.2) is 18.1 Å². The van der Waals surface area contributed by atoms with Gasteiger partial charge in [-0.15, -0.1) is 11.3 Å². The maximum atomic E-state index is 12.1. The van der Waals surface area contributed by atoms with Gasteiger partial charge in [-0.05, 0) is 24.6 Å². The number of nitrogens with two attached hydrogens (primary N) is 1. The molecule has 2 aromatic rings. The van der Waals surface area contributed by atoms with Crippen LogP contribution >= 0.6 is 11.3 Å². The zero-order valence-corrected chi connectivity index (χ0v) is 12.8. The van der Waals surface area contributed by atoms with Gasteiger partial charge in [-0.2, -0.15) is 0 Å². The molecule has 3 N–H and O–H groups in total. The summed E-state index contributed by atoms with van der Waals surface area (Å²) in [6.07, 6.45) is 0.596. The van der Waals surface area contributed by atoms with E-state index in [0.29, 0.717) is 19.5 Å². The monoisotopic (exact) mass is 311 g/mol. The lowest BCUT2D eigenvalue weighted by Gasteiger charge is -2.06. The second-order valence-electron chi connectivity index (χ2n) is 4.38. The first kappa shape index (κ1) is 15.1. The molecule has 2 rings (SSSR count). The van der Waals surface area contributed by atoms with Crippen LogP contribution in [0.5, 0.6) is 0 Å². The molecule has 0 aliphatic carbocycles. The lowest BCUT2D eigenvalue weighted by molar-refractivity contribution is 0.581. The largest absolute Gasteiger partial charge is 0.326 e. The Labute approximate surface area is 122 Å². The van der Waals surface area contributed by atoms with E-state index in [2.05, 4.69) is 9.71 Å². The van der Waals surface area contributed by atoms with Gasteiger partial charge in [0.25, 0.3) is 0 Å². The highest BCUT2D eigenvalue weighted by Crippen LogP contribution is 2.11. The van der Waals surface area contributed by atoms with Crippen LogP contribution in [0, 0.1) is 6.92 Å². The summed E-state index contributed by atoms with van der Waals surface area (Å²) in [5, 5.41) is 2.89. The van der Waals surface area contributed by atoms with Gasteiger partial charge >= 0.3 is 0 Å². The molecular formula is C13H17N3O2S2.